The molecular weight excluding hydrogens is 450 g/mol. The zero-order valence-electron chi connectivity index (χ0n) is 22.5. The highest BCUT2D eigenvalue weighted by molar-refractivity contribution is 5.68. The van der Waals surface area contributed by atoms with Crippen molar-refractivity contribution >= 4 is 17.8 Å². The van der Waals surface area contributed by atoms with Crippen LogP contribution in [0, 0.1) is 13.8 Å². The van der Waals surface area contributed by atoms with Crippen LogP contribution in [0.15, 0.2) is 36.4 Å². The Kier molecular flexibility index (Phi) is 7.79. The number of ether oxygens (including phenoxy) is 1. The van der Waals surface area contributed by atoms with Crippen LogP contribution < -0.4 is 0 Å². The second-order valence-corrected chi connectivity index (χ2v) is 10.6. The van der Waals surface area contributed by atoms with E-state index in [4.69, 9.17) is 14.8 Å². The molecule has 1 saturated heterocycles. The average Bonchev–Trinajstić information content (AvgIpc) is 3.17. The summed E-state index contributed by atoms with van der Waals surface area (Å²) in [6.07, 6.45) is 5.88. The van der Waals surface area contributed by atoms with Crippen LogP contribution in [0.3, 0.4) is 0 Å². The third kappa shape index (κ3) is 6.32. The van der Waals surface area contributed by atoms with Gasteiger partial charge in [0.05, 0.1) is 5.69 Å². The number of benzene rings is 1. The van der Waals surface area contributed by atoms with Gasteiger partial charge >= 0.3 is 6.09 Å². The molecule has 0 unspecified atom stereocenters. The maximum absolute atomic E-state index is 12.2. The van der Waals surface area contributed by atoms with Gasteiger partial charge in [0.25, 0.3) is 0 Å². The molecule has 4 rings (SSSR count). The third-order valence-corrected chi connectivity index (χ3v) is 6.47. The van der Waals surface area contributed by atoms with E-state index >= 15 is 0 Å². The first-order valence-electron chi connectivity index (χ1n) is 12.9. The third-order valence-electron chi connectivity index (χ3n) is 6.47. The lowest BCUT2D eigenvalue weighted by Crippen LogP contribution is -2.49. The van der Waals surface area contributed by atoms with Gasteiger partial charge in [-0.2, -0.15) is 5.10 Å². The first-order chi connectivity index (χ1) is 17.1. The lowest BCUT2D eigenvalue weighted by molar-refractivity contribution is 0.0154. The van der Waals surface area contributed by atoms with Crippen LogP contribution in [-0.4, -0.2) is 68.8 Å². The molecule has 1 aliphatic heterocycles. The van der Waals surface area contributed by atoms with Crippen molar-refractivity contribution in [2.75, 3.05) is 32.7 Å². The summed E-state index contributed by atoms with van der Waals surface area (Å²) in [6, 6.07) is 10.8. The molecule has 1 aliphatic rings. The largest absolute Gasteiger partial charge is 0.444 e. The molecule has 3 aromatic rings. The molecule has 1 aromatic carbocycles. The van der Waals surface area contributed by atoms with Crippen LogP contribution in [-0.2, 0) is 17.6 Å². The average molecular weight is 490 g/mol. The molecule has 3 heterocycles. The van der Waals surface area contributed by atoms with Crippen molar-refractivity contribution < 1.29 is 9.53 Å². The van der Waals surface area contributed by atoms with E-state index in [0.29, 0.717) is 13.1 Å². The smallest absolute Gasteiger partial charge is 0.410 e. The fourth-order valence-electron chi connectivity index (χ4n) is 4.60. The van der Waals surface area contributed by atoms with Crippen molar-refractivity contribution in [1.29, 1.82) is 0 Å². The van der Waals surface area contributed by atoms with E-state index in [-0.39, 0.29) is 6.09 Å². The Morgan fingerprint density at radius 1 is 1.08 bits per heavy atom. The molecule has 2 aromatic heterocycles. The number of hydrogen-bond acceptors (Lipinski definition) is 5. The van der Waals surface area contributed by atoms with E-state index in [1.54, 1.807) is 4.90 Å². The van der Waals surface area contributed by atoms with Crippen molar-refractivity contribution in [2.45, 2.75) is 60.0 Å². The summed E-state index contributed by atoms with van der Waals surface area (Å²) in [7, 11) is 0. The number of fused-ring (bicyclic) bond motifs is 1. The summed E-state index contributed by atoms with van der Waals surface area (Å²) >= 11 is 0. The Morgan fingerprint density at radius 3 is 2.42 bits per heavy atom. The van der Waals surface area contributed by atoms with E-state index < -0.39 is 5.60 Å². The molecule has 0 N–H and O–H groups in total. The molecule has 7 heteroatoms. The number of aromatic nitrogens is 3. The summed E-state index contributed by atoms with van der Waals surface area (Å²) in [5.74, 6) is 0. The number of aryl methyl sites for hydroxylation is 3. The minimum atomic E-state index is -0.452. The zero-order valence-corrected chi connectivity index (χ0v) is 22.5. The molecule has 0 aliphatic carbocycles. The van der Waals surface area contributed by atoms with E-state index in [1.807, 2.05) is 32.2 Å². The molecular formula is C29H39N5O2. The Balaban J connectivity index is 1.32. The van der Waals surface area contributed by atoms with Crippen LogP contribution in [0.25, 0.3) is 11.7 Å². The van der Waals surface area contributed by atoms with Gasteiger partial charge in [-0.05, 0) is 58.2 Å². The first kappa shape index (κ1) is 25.9. The van der Waals surface area contributed by atoms with E-state index in [2.05, 4.69) is 61.2 Å². The summed E-state index contributed by atoms with van der Waals surface area (Å²) in [6.45, 7) is 16.0. The fourth-order valence-corrected chi connectivity index (χ4v) is 4.60. The van der Waals surface area contributed by atoms with Crippen LogP contribution in [0.1, 0.15) is 61.5 Å². The molecule has 1 fully saturated rings. The monoisotopic (exact) mass is 489 g/mol. The molecule has 7 nitrogen and oxygen atoms in total. The minimum absolute atomic E-state index is 0.214. The van der Waals surface area contributed by atoms with E-state index in [1.165, 1.54) is 16.7 Å². The lowest BCUT2D eigenvalue weighted by Gasteiger charge is -2.35. The number of carbonyl (C=O) groups excluding carboxylic acids is 1. The topological polar surface area (TPSA) is 63.0 Å². The van der Waals surface area contributed by atoms with Gasteiger partial charge < -0.3 is 9.64 Å². The van der Waals surface area contributed by atoms with Gasteiger partial charge in [0.15, 0.2) is 5.65 Å². The van der Waals surface area contributed by atoms with Gasteiger partial charge in [-0.3, -0.25) is 4.90 Å². The van der Waals surface area contributed by atoms with Crippen molar-refractivity contribution in [3.63, 3.8) is 0 Å². The molecule has 0 saturated carbocycles. The zero-order chi connectivity index (χ0) is 25.9. The molecule has 192 valence electrons. The van der Waals surface area contributed by atoms with Crippen molar-refractivity contribution in [3.05, 3.63) is 70.2 Å². The Hall–Kier alpha value is -3.19. The van der Waals surface area contributed by atoms with Gasteiger partial charge in [-0.15, -0.1) is 0 Å². The molecule has 0 spiro atoms. The summed E-state index contributed by atoms with van der Waals surface area (Å²) in [5.41, 5.74) is 7.44. The number of hydrogen-bond donors (Lipinski definition) is 0. The van der Waals surface area contributed by atoms with Crippen molar-refractivity contribution in [3.8, 4) is 0 Å². The predicted molar refractivity (Wildman–Crippen MR) is 144 cm³/mol. The van der Waals surface area contributed by atoms with Gasteiger partial charge in [0.1, 0.15) is 5.60 Å². The maximum Gasteiger partial charge on any atom is 0.410 e. The Labute approximate surface area is 214 Å². The van der Waals surface area contributed by atoms with E-state index in [9.17, 15) is 4.79 Å². The minimum Gasteiger partial charge on any atom is -0.444 e. The molecule has 1 amide bonds. The quantitative estimate of drug-likeness (QED) is 0.484. The highest BCUT2D eigenvalue weighted by Gasteiger charge is 2.25. The van der Waals surface area contributed by atoms with Crippen LogP contribution in [0.5, 0.6) is 0 Å². The molecule has 0 radical (unpaired) electrons. The highest BCUT2D eigenvalue weighted by atomic mass is 16.6. The normalized spacial score (nSPS) is 15.2. The van der Waals surface area contributed by atoms with Gasteiger partial charge in [0.2, 0.25) is 0 Å². The first-order valence-corrected chi connectivity index (χ1v) is 12.9. The second kappa shape index (κ2) is 10.8. The van der Waals surface area contributed by atoms with Crippen molar-refractivity contribution in [1.82, 2.24) is 24.4 Å². The molecule has 36 heavy (non-hydrogen) atoms. The number of nitrogens with zero attached hydrogens (tertiary/aromatic N) is 5. The summed E-state index contributed by atoms with van der Waals surface area (Å²) in [4.78, 5) is 21.2. The van der Waals surface area contributed by atoms with E-state index in [0.717, 1.165) is 55.2 Å². The fraction of sp³-hybridized carbons (Fsp3) is 0.483. The maximum atomic E-state index is 12.2. The van der Waals surface area contributed by atoms with Gasteiger partial charge in [-0.1, -0.05) is 43.3 Å². The predicted octanol–water partition coefficient (Wildman–Crippen LogP) is 5.07. The van der Waals surface area contributed by atoms with Gasteiger partial charge in [0, 0.05) is 56.1 Å². The van der Waals surface area contributed by atoms with Crippen LogP contribution >= 0.6 is 0 Å². The second-order valence-electron chi connectivity index (χ2n) is 10.6. The van der Waals surface area contributed by atoms with Crippen molar-refractivity contribution in [2.24, 2.45) is 0 Å². The number of carbonyl (C=O) groups is 1. The SMILES string of the molecule is CCc1nn2c(C)cc(C)nc2c1Cc1ccc(/C=C/CN2CCN(C(=O)OC(C)(C)C)CC2)cc1. The summed E-state index contributed by atoms with van der Waals surface area (Å²) in [5, 5.41) is 4.81. The Bertz CT molecular complexity index is 1230. The lowest BCUT2D eigenvalue weighted by atomic mass is 10.0. The molecule has 0 bridgehead atoms. The Morgan fingerprint density at radius 2 is 1.78 bits per heavy atom. The highest BCUT2D eigenvalue weighted by Crippen LogP contribution is 2.21. The van der Waals surface area contributed by atoms with Gasteiger partial charge in [-0.25, -0.2) is 14.3 Å². The standard InChI is InChI=1S/C29H39N5O2/c1-7-26-25(27-30-21(2)19-22(3)34(27)31-26)20-24-12-10-23(11-13-24)9-8-14-32-15-17-33(18-16-32)28(35)36-29(4,5)6/h8-13,19H,7,14-18,20H2,1-6H3/b9-8+. The summed E-state index contributed by atoms with van der Waals surface area (Å²) < 4.78 is 7.46. The van der Waals surface area contributed by atoms with Crippen LogP contribution in [0.4, 0.5) is 4.79 Å². The number of amides is 1. The van der Waals surface area contributed by atoms with Crippen LogP contribution in [0.2, 0.25) is 0 Å². The number of rotatable bonds is 6. The molecule has 0 atom stereocenters. The number of piperazine rings is 1.